The molecule has 0 unspecified atom stereocenters. The average molecular weight is 311 g/mol. The number of rotatable bonds is 7. The molecule has 0 aromatic heterocycles. The zero-order chi connectivity index (χ0) is 15.9. The van der Waals surface area contributed by atoms with Crippen molar-refractivity contribution in [1.82, 2.24) is 0 Å². The van der Waals surface area contributed by atoms with E-state index in [1.807, 2.05) is 6.07 Å². The van der Waals surface area contributed by atoms with Gasteiger partial charge in [-0.25, -0.2) is 8.42 Å². The topological polar surface area (TPSA) is 84.5 Å². The maximum Gasteiger partial charge on any atom is 0.193 e. The molecule has 0 aliphatic heterocycles. The van der Waals surface area contributed by atoms with Crippen LogP contribution >= 0.6 is 0 Å². The van der Waals surface area contributed by atoms with Gasteiger partial charge in [0.15, 0.2) is 15.8 Å². The van der Waals surface area contributed by atoms with Crippen molar-refractivity contribution in [3.8, 4) is 0 Å². The van der Waals surface area contributed by atoms with Crippen LogP contribution in [-0.2, 0) is 22.7 Å². The summed E-state index contributed by atoms with van der Waals surface area (Å²) in [5.74, 6) is 0.424. The number of hydrogen-bond donors (Lipinski definition) is 2. The van der Waals surface area contributed by atoms with Crippen LogP contribution in [0.25, 0.3) is 0 Å². The molecule has 0 radical (unpaired) electrons. The van der Waals surface area contributed by atoms with E-state index < -0.39 is 9.84 Å². The van der Waals surface area contributed by atoms with Gasteiger partial charge in [0, 0.05) is 11.4 Å². The fourth-order valence-electron chi connectivity index (χ4n) is 2.02. The number of aryl methyl sites for hydroxylation is 2. The van der Waals surface area contributed by atoms with Gasteiger partial charge in [-0.05, 0) is 24.0 Å². The van der Waals surface area contributed by atoms with E-state index in [0.29, 0.717) is 0 Å². The highest BCUT2D eigenvalue weighted by molar-refractivity contribution is 7.91. The number of anilines is 1. The van der Waals surface area contributed by atoms with Gasteiger partial charge in [-0.2, -0.15) is 0 Å². The Balaban J connectivity index is 2.81. The van der Waals surface area contributed by atoms with Crippen LogP contribution < -0.4 is 11.1 Å². The molecule has 118 valence electrons. The predicted octanol–water partition coefficient (Wildman–Crippen LogP) is 1.97. The molecule has 0 heterocycles. The van der Waals surface area contributed by atoms with Crippen molar-refractivity contribution in [1.29, 1.82) is 0 Å². The van der Waals surface area contributed by atoms with Crippen LogP contribution in [0.3, 0.4) is 0 Å². The van der Waals surface area contributed by atoms with Gasteiger partial charge in [0.2, 0.25) is 0 Å². The molecule has 0 amide bonds. The molecule has 6 heteroatoms. The lowest BCUT2D eigenvalue weighted by molar-refractivity contribution is 0.597. The Kier molecular flexibility index (Phi) is 6.68. The zero-order valence-electron chi connectivity index (χ0n) is 13.0. The lowest BCUT2D eigenvalue weighted by atomic mass is 10.0. The van der Waals surface area contributed by atoms with Crippen molar-refractivity contribution in [3.05, 3.63) is 29.3 Å². The first-order valence-corrected chi connectivity index (χ1v) is 9.13. The van der Waals surface area contributed by atoms with Crippen molar-refractivity contribution in [2.75, 3.05) is 23.4 Å². The van der Waals surface area contributed by atoms with Crippen molar-refractivity contribution in [2.45, 2.75) is 33.6 Å². The highest BCUT2D eigenvalue weighted by Gasteiger charge is 2.08. The van der Waals surface area contributed by atoms with Crippen LogP contribution in [0.5, 0.6) is 0 Å². The molecular weight excluding hydrogens is 286 g/mol. The van der Waals surface area contributed by atoms with Crippen molar-refractivity contribution >= 4 is 21.5 Å². The predicted molar refractivity (Wildman–Crippen MR) is 89.6 cm³/mol. The van der Waals surface area contributed by atoms with E-state index in [1.165, 1.54) is 11.1 Å². The maximum absolute atomic E-state index is 11.4. The molecule has 0 saturated heterocycles. The number of sulfone groups is 1. The van der Waals surface area contributed by atoms with Gasteiger partial charge in [0.25, 0.3) is 0 Å². The third-order valence-corrected chi connectivity index (χ3v) is 5.06. The Labute approximate surface area is 127 Å². The van der Waals surface area contributed by atoms with Crippen LogP contribution in [0.4, 0.5) is 5.69 Å². The van der Waals surface area contributed by atoms with Crippen molar-refractivity contribution in [2.24, 2.45) is 10.7 Å². The van der Waals surface area contributed by atoms with E-state index >= 15 is 0 Å². The lowest BCUT2D eigenvalue weighted by Crippen LogP contribution is -2.25. The molecule has 0 atom stereocenters. The summed E-state index contributed by atoms with van der Waals surface area (Å²) in [4.78, 5) is 4.11. The number of nitrogens with two attached hydrogens (primary N) is 1. The molecule has 1 aromatic carbocycles. The second-order valence-corrected chi connectivity index (χ2v) is 7.26. The molecule has 0 saturated carbocycles. The second-order valence-electron chi connectivity index (χ2n) is 4.79. The smallest absolute Gasteiger partial charge is 0.193 e. The highest BCUT2D eigenvalue weighted by atomic mass is 32.2. The molecule has 1 aromatic rings. The molecule has 21 heavy (non-hydrogen) atoms. The summed E-state index contributed by atoms with van der Waals surface area (Å²) >= 11 is 0. The van der Waals surface area contributed by atoms with E-state index in [-0.39, 0.29) is 24.0 Å². The molecule has 0 fully saturated rings. The third kappa shape index (κ3) is 5.38. The van der Waals surface area contributed by atoms with Gasteiger partial charge in [0.05, 0.1) is 12.3 Å². The van der Waals surface area contributed by atoms with Crippen molar-refractivity contribution in [3.63, 3.8) is 0 Å². The Morgan fingerprint density at radius 2 is 1.76 bits per heavy atom. The number of nitrogens with one attached hydrogen (secondary N) is 1. The molecule has 1 rings (SSSR count). The molecule has 0 bridgehead atoms. The summed E-state index contributed by atoms with van der Waals surface area (Å²) in [6.07, 6.45) is 1.79. The summed E-state index contributed by atoms with van der Waals surface area (Å²) in [5, 5.41) is 3.12. The Hall–Kier alpha value is -1.56. The van der Waals surface area contributed by atoms with E-state index in [4.69, 9.17) is 5.73 Å². The fraction of sp³-hybridized carbons (Fsp3) is 0.533. The van der Waals surface area contributed by atoms with Crippen LogP contribution in [0.2, 0.25) is 0 Å². The van der Waals surface area contributed by atoms with Gasteiger partial charge >= 0.3 is 0 Å². The number of benzene rings is 1. The van der Waals surface area contributed by atoms with Gasteiger partial charge < -0.3 is 11.1 Å². The number of hydrogen-bond acceptors (Lipinski definition) is 3. The monoisotopic (exact) mass is 311 g/mol. The Morgan fingerprint density at radius 1 is 1.19 bits per heavy atom. The SMILES string of the molecule is CCc1cccc(CC)c1NC(N)=NCCS(=O)(=O)CC. The fourth-order valence-corrected chi connectivity index (χ4v) is 2.68. The van der Waals surface area contributed by atoms with E-state index in [9.17, 15) is 8.42 Å². The number of guanidine groups is 1. The highest BCUT2D eigenvalue weighted by Crippen LogP contribution is 2.22. The standard InChI is InChI=1S/C15H25N3O2S/c1-4-12-8-7-9-13(5-2)14(12)18-15(16)17-10-11-21(19,20)6-3/h7-9H,4-6,10-11H2,1-3H3,(H3,16,17,18). The summed E-state index contributed by atoms with van der Waals surface area (Å²) < 4.78 is 22.8. The van der Waals surface area contributed by atoms with Crippen LogP contribution in [0.15, 0.2) is 23.2 Å². The van der Waals surface area contributed by atoms with Gasteiger partial charge in [0.1, 0.15) is 0 Å². The molecular formula is C15H25N3O2S. The molecule has 3 N–H and O–H groups in total. The normalized spacial score (nSPS) is 12.4. The minimum Gasteiger partial charge on any atom is -0.370 e. The van der Waals surface area contributed by atoms with Gasteiger partial charge in [-0.1, -0.05) is 39.0 Å². The first-order chi connectivity index (χ1) is 9.93. The lowest BCUT2D eigenvalue weighted by Gasteiger charge is -2.14. The molecule has 0 aliphatic carbocycles. The number of para-hydroxylation sites is 1. The third-order valence-electron chi connectivity index (χ3n) is 3.38. The van der Waals surface area contributed by atoms with E-state index in [0.717, 1.165) is 18.5 Å². The maximum atomic E-state index is 11.4. The van der Waals surface area contributed by atoms with Crippen molar-refractivity contribution < 1.29 is 8.42 Å². The first-order valence-electron chi connectivity index (χ1n) is 7.31. The van der Waals surface area contributed by atoms with Crippen LogP contribution in [0.1, 0.15) is 31.9 Å². The second kappa shape index (κ2) is 8.02. The first kappa shape index (κ1) is 17.5. The van der Waals surface area contributed by atoms with Crippen LogP contribution in [-0.4, -0.2) is 32.4 Å². The molecule has 0 spiro atoms. The molecule has 0 aliphatic rings. The Bertz CT molecular complexity index is 573. The summed E-state index contributed by atoms with van der Waals surface area (Å²) in [5.41, 5.74) is 9.21. The van der Waals surface area contributed by atoms with Gasteiger partial charge in [-0.3, -0.25) is 4.99 Å². The van der Waals surface area contributed by atoms with E-state index in [2.05, 4.69) is 36.3 Å². The molecule has 5 nitrogen and oxygen atoms in total. The summed E-state index contributed by atoms with van der Waals surface area (Å²) in [7, 11) is -3.00. The minimum absolute atomic E-state index is 0.0297. The number of nitrogens with zero attached hydrogens (tertiary/aromatic N) is 1. The largest absolute Gasteiger partial charge is 0.370 e. The Morgan fingerprint density at radius 3 is 2.24 bits per heavy atom. The number of aliphatic imine (C=N–C) groups is 1. The zero-order valence-corrected chi connectivity index (χ0v) is 13.8. The van der Waals surface area contributed by atoms with E-state index in [1.54, 1.807) is 6.92 Å². The average Bonchev–Trinajstić information content (AvgIpc) is 2.47. The summed E-state index contributed by atoms with van der Waals surface area (Å²) in [6, 6.07) is 6.14. The minimum atomic E-state index is -3.00. The van der Waals surface area contributed by atoms with Gasteiger partial charge in [-0.15, -0.1) is 0 Å². The quantitative estimate of drug-likeness (QED) is 0.595. The summed E-state index contributed by atoms with van der Waals surface area (Å²) in [6.45, 7) is 5.98. The van der Waals surface area contributed by atoms with Crippen LogP contribution in [0, 0.1) is 0 Å².